The van der Waals surface area contributed by atoms with Gasteiger partial charge < -0.3 is 10.4 Å². The monoisotopic (exact) mass is 354 g/mol. The molecule has 1 saturated heterocycles. The van der Waals surface area contributed by atoms with Crippen LogP contribution in [-0.4, -0.2) is 41.1 Å². The molecule has 0 aliphatic carbocycles. The second kappa shape index (κ2) is 6.85. The maximum atomic E-state index is 11.0. The number of benzene rings is 1. The number of halogens is 1. The van der Waals surface area contributed by atoms with Gasteiger partial charge in [0.2, 0.25) is 0 Å². The summed E-state index contributed by atoms with van der Waals surface area (Å²) in [6.45, 7) is 3.04. The van der Waals surface area contributed by atoms with Crippen LogP contribution < -0.4 is 5.32 Å². The number of nitriles is 1. The van der Waals surface area contributed by atoms with Gasteiger partial charge in [0.15, 0.2) is 5.75 Å². The van der Waals surface area contributed by atoms with Crippen LogP contribution in [0.3, 0.4) is 0 Å². The number of piperazine rings is 1. The molecule has 7 nitrogen and oxygen atoms in total. The molecule has 1 atom stereocenters. The Morgan fingerprint density at radius 1 is 1.52 bits per heavy atom. The van der Waals surface area contributed by atoms with Gasteiger partial charge >= 0.3 is 5.69 Å². The molecule has 0 spiro atoms. The summed E-state index contributed by atoms with van der Waals surface area (Å²) in [6, 6.07) is 4.66. The lowest BCUT2D eigenvalue weighted by Crippen LogP contribution is -2.45. The van der Waals surface area contributed by atoms with Gasteiger partial charge in [0.05, 0.1) is 23.5 Å². The Morgan fingerprint density at radius 3 is 2.76 bits per heavy atom. The van der Waals surface area contributed by atoms with E-state index in [2.05, 4.69) is 32.2 Å². The van der Waals surface area contributed by atoms with Gasteiger partial charge in [0.25, 0.3) is 0 Å². The first kappa shape index (κ1) is 15.7. The molecule has 2 rings (SSSR count). The third-order valence-electron chi connectivity index (χ3n) is 3.52. The molecule has 1 fully saturated rings. The van der Waals surface area contributed by atoms with Gasteiger partial charge in [-0.25, -0.2) is 0 Å². The zero-order valence-corrected chi connectivity index (χ0v) is 12.8. The molecule has 0 bridgehead atoms. The van der Waals surface area contributed by atoms with Crippen molar-refractivity contribution >= 4 is 21.6 Å². The molecule has 1 aliphatic heterocycles. The molecular formula is C13H15BrN4O3. The predicted molar refractivity (Wildman–Crippen MR) is 79.9 cm³/mol. The van der Waals surface area contributed by atoms with E-state index in [0.717, 1.165) is 26.2 Å². The third-order valence-corrected chi connectivity index (χ3v) is 3.97. The smallest absolute Gasteiger partial charge is 0.312 e. The summed E-state index contributed by atoms with van der Waals surface area (Å²) < 4.78 is 0.514. The second-order valence-corrected chi connectivity index (χ2v) is 5.70. The van der Waals surface area contributed by atoms with E-state index in [9.17, 15) is 15.2 Å². The highest BCUT2D eigenvalue weighted by Crippen LogP contribution is 2.39. The fraction of sp³-hybridized carbons (Fsp3) is 0.462. The summed E-state index contributed by atoms with van der Waals surface area (Å²) >= 11 is 3.23. The van der Waals surface area contributed by atoms with Crippen LogP contribution in [0.1, 0.15) is 18.0 Å². The van der Waals surface area contributed by atoms with E-state index in [-0.39, 0.29) is 23.9 Å². The van der Waals surface area contributed by atoms with Gasteiger partial charge in [-0.05, 0) is 6.07 Å². The van der Waals surface area contributed by atoms with Gasteiger partial charge in [-0.3, -0.25) is 15.0 Å². The molecular weight excluding hydrogens is 340 g/mol. The lowest BCUT2D eigenvalue weighted by molar-refractivity contribution is -0.386. The van der Waals surface area contributed by atoms with E-state index in [4.69, 9.17) is 5.26 Å². The van der Waals surface area contributed by atoms with Crippen LogP contribution in [0, 0.1) is 21.4 Å². The third kappa shape index (κ3) is 3.50. The lowest BCUT2D eigenvalue weighted by Gasteiger charge is -2.34. The van der Waals surface area contributed by atoms with Crippen molar-refractivity contribution in [1.82, 2.24) is 10.2 Å². The van der Waals surface area contributed by atoms with E-state index in [0.29, 0.717) is 10.0 Å². The minimum absolute atomic E-state index is 0.168. The van der Waals surface area contributed by atoms with Crippen molar-refractivity contribution in [1.29, 1.82) is 5.26 Å². The van der Waals surface area contributed by atoms with E-state index in [1.54, 1.807) is 6.07 Å². The first-order valence-corrected chi connectivity index (χ1v) is 7.32. The molecule has 0 radical (unpaired) electrons. The normalized spacial score (nSPS) is 17.1. The largest absolute Gasteiger partial charge is 0.502 e. The summed E-state index contributed by atoms with van der Waals surface area (Å²) in [4.78, 5) is 12.5. The van der Waals surface area contributed by atoms with Crippen LogP contribution in [0.15, 0.2) is 16.6 Å². The molecule has 8 heteroatoms. The second-order valence-electron chi connectivity index (χ2n) is 4.78. The topological polar surface area (TPSA) is 102 Å². The summed E-state index contributed by atoms with van der Waals surface area (Å²) in [6.07, 6.45) is 0.168. The predicted octanol–water partition coefficient (Wildman–Crippen LogP) is 1.92. The number of hydrogen-bond donors (Lipinski definition) is 2. The molecule has 112 valence electrons. The molecule has 2 N–H and O–H groups in total. The Labute approximate surface area is 130 Å². The van der Waals surface area contributed by atoms with Gasteiger partial charge in [-0.1, -0.05) is 15.9 Å². The van der Waals surface area contributed by atoms with E-state index in [1.165, 1.54) is 6.07 Å². The maximum Gasteiger partial charge on any atom is 0.312 e. The quantitative estimate of drug-likeness (QED) is 0.632. The molecule has 1 heterocycles. The number of nitro groups is 1. The summed E-state index contributed by atoms with van der Waals surface area (Å²) in [5, 5.41) is 33.5. The van der Waals surface area contributed by atoms with Crippen molar-refractivity contribution in [2.75, 3.05) is 26.2 Å². The summed E-state index contributed by atoms with van der Waals surface area (Å²) in [7, 11) is 0. The number of aromatic hydroxyl groups is 1. The highest BCUT2D eigenvalue weighted by atomic mass is 79.9. The number of rotatable bonds is 4. The van der Waals surface area contributed by atoms with Crippen LogP contribution in [0.4, 0.5) is 5.69 Å². The molecule has 0 saturated carbocycles. The number of phenols is 1. The zero-order chi connectivity index (χ0) is 15.4. The van der Waals surface area contributed by atoms with E-state index < -0.39 is 4.92 Å². The van der Waals surface area contributed by atoms with Gasteiger partial charge in [0.1, 0.15) is 0 Å². The first-order chi connectivity index (χ1) is 10.0. The van der Waals surface area contributed by atoms with E-state index in [1.807, 2.05) is 0 Å². The summed E-state index contributed by atoms with van der Waals surface area (Å²) in [5.74, 6) is -0.359. The van der Waals surface area contributed by atoms with Crippen LogP contribution in [0.2, 0.25) is 0 Å². The highest BCUT2D eigenvalue weighted by molar-refractivity contribution is 9.10. The van der Waals surface area contributed by atoms with Crippen LogP contribution in [-0.2, 0) is 0 Å². The van der Waals surface area contributed by atoms with Crippen molar-refractivity contribution in [3.05, 3.63) is 32.3 Å². The minimum atomic E-state index is -0.620. The number of nitro benzene ring substituents is 1. The molecule has 0 amide bonds. The molecule has 1 aromatic rings. The van der Waals surface area contributed by atoms with Gasteiger partial charge in [0, 0.05) is 42.3 Å². The fourth-order valence-electron chi connectivity index (χ4n) is 2.51. The number of nitrogens with one attached hydrogen (secondary N) is 1. The van der Waals surface area contributed by atoms with Crippen molar-refractivity contribution < 1.29 is 10.0 Å². The zero-order valence-electron chi connectivity index (χ0n) is 11.3. The number of nitrogens with zero attached hydrogens (tertiary/aromatic N) is 3. The van der Waals surface area contributed by atoms with Crippen molar-refractivity contribution in [2.24, 2.45) is 0 Å². The van der Waals surface area contributed by atoms with Crippen molar-refractivity contribution in [2.45, 2.75) is 12.5 Å². The molecule has 0 aromatic heterocycles. The van der Waals surface area contributed by atoms with Crippen LogP contribution >= 0.6 is 15.9 Å². The number of phenolic OH excluding ortho intramolecular Hbond substituents is 1. The van der Waals surface area contributed by atoms with Crippen molar-refractivity contribution in [3.8, 4) is 11.8 Å². The Balaban J connectivity index is 2.44. The fourth-order valence-corrected chi connectivity index (χ4v) is 2.98. The first-order valence-electron chi connectivity index (χ1n) is 6.53. The standard InChI is InChI=1S/C13H15BrN4O3/c14-9-7-10(13(19)12(8-9)18(20)21)11(1-2-15)17-5-3-16-4-6-17/h7-8,11,16,19H,1,3-6H2/t11-/m0/s1. The Bertz CT molecular complexity index is 582. The summed E-state index contributed by atoms with van der Waals surface area (Å²) in [5.41, 5.74) is 0.0666. The highest BCUT2D eigenvalue weighted by Gasteiger charge is 2.28. The maximum absolute atomic E-state index is 11.0. The van der Waals surface area contributed by atoms with Crippen molar-refractivity contribution in [3.63, 3.8) is 0 Å². The molecule has 21 heavy (non-hydrogen) atoms. The molecule has 1 aliphatic rings. The Morgan fingerprint density at radius 2 is 2.19 bits per heavy atom. The average Bonchev–Trinajstić information content (AvgIpc) is 2.47. The number of hydrogen-bond acceptors (Lipinski definition) is 6. The molecule has 0 unspecified atom stereocenters. The average molecular weight is 355 g/mol. The van der Waals surface area contributed by atoms with Gasteiger partial charge in [-0.2, -0.15) is 5.26 Å². The van der Waals surface area contributed by atoms with E-state index >= 15 is 0 Å². The lowest BCUT2D eigenvalue weighted by atomic mass is 10.00. The Kier molecular flexibility index (Phi) is 5.12. The Hall–Kier alpha value is -1.69. The SMILES string of the molecule is N#CC[C@@H](c1cc(Br)cc([N+](=O)[O-])c1O)N1CCNCC1. The molecule has 1 aromatic carbocycles. The van der Waals surface area contributed by atoms with Crippen LogP contribution in [0.5, 0.6) is 5.75 Å². The van der Waals surface area contributed by atoms with Crippen LogP contribution in [0.25, 0.3) is 0 Å². The minimum Gasteiger partial charge on any atom is -0.502 e. The van der Waals surface area contributed by atoms with Gasteiger partial charge in [-0.15, -0.1) is 0 Å².